The van der Waals surface area contributed by atoms with Gasteiger partial charge in [-0.25, -0.2) is 0 Å². The van der Waals surface area contributed by atoms with Crippen LogP contribution in [-0.2, 0) is 4.65 Å². The molecule has 0 saturated heterocycles. The van der Waals surface area contributed by atoms with E-state index >= 15 is 0 Å². The molecule has 0 aliphatic heterocycles. The fourth-order valence-electron chi connectivity index (χ4n) is 2.69. The van der Waals surface area contributed by atoms with Crippen molar-refractivity contribution in [3.05, 3.63) is 91.0 Å². The van der Waals surface area contributed by atoms with Gasteiger partial charge in [0.25, 0.3) is 6.26 Å². The standard InChI is InChI=1S/C14H10.C7H6BNO2/c1-3-7-13-11(5-1)9-10-12-6-2-4-8-14(12)13;9-6-11-8(10)7-4-2-1-3-5-7/h1-10H;1-5,10H. The normalized spacial score (nSPS) is 9.76. The molecule has 4 rings (SSSR count). The number of nitrogens with zero attached hydrogens (tertiary/aromatic N) is 1. The quantitative estimate of drug-likeness (QED) is 0.346. The van der Waals surface area contributed by atoms with E-state index in [1.54, 1.807) is 24.3 Å². The van der Waals surface area contributed by atoms with Gasteiger partial charge in [-0.2, -0.15) is 5.26 Å². The van der Waals surface area contributed by atoms with Crippen molar-refractivity contribution in [1.29, 1.82) is 5.26 Å². The van der Waals surface area contributed by atoms with E-state index in [-0.39, 0.29) is 0 Å². The van der Waals surface area contributed by atoms with Gasteiger partial charge in [-0.15, -0.1) is 0 Å². The van der Waals surface area contributed by atoms with Crippen LogP contribution >= 0.6 is 0 Å². The molecular weight excluding hydrogens is 309 g/mol. The van der Waals surface area contributed by atoms with Crippen molar-refractivity contribution < 1.29 is 9.68 Å². The first-order valence-electron chi connectivity index (χ1n) is 7.94. The van der Waals surface area contributed by atoms with Gasteiger partial charge in [-0.1, -0.05) is 91.0 Å². The predicted molar refractivity (Wildman–Crippen MR) is 102 cm³/mol. The first kappa shape index (κ1) is 16.6. The first-order valence-corrected chi connectivity index (χ1v) is 7.94. The molecule has 0 aliphatic rings. The van der Waals surface area contributed by atoms with E-state index in [4.69, 9.17) is 10.3 Å². The maximum atomic E-state index is 9.08. The zero-order chi connectivity index (χ0) is 17.5. The second-order valence-electron chi connectivity index (χ2n) is 5.48. The van der Waals surface area contributed by atoms with Crippen LogP contribution in [0.15, 0.2) is 91.0 Å². The zero-order valence-corrected chi connectivity index (χ0v) is 13.5. The number of hydrogen-bond donors (Lipinski definition) is 1. The molecule has 0 amide bonds. The summed E-state index contributed by atoms with van der Waals surface area (Å²) in [5.74, 6) is 0. The summed E-state index contributed by atoms with van der Waals surface area (Å²) in [6.07, 6.45) is 1.42. The van der Waals surface area contributed by atoms with Gasteiger partial charge in [0.1, 0.15) is 0 Å². The summed E-state index contributed by atoms with van der Waals surface area (Å²) in [7, 11) is -1.14. The number of hydrogen-bond acceptors (Lipinski definition) is 3. The van der Waals surface area contributed by atoms with Crippen molar-refractivity contribution in [2.24, 2.45) is 0 Å². The van der Waals surface area contributed by atoms with Crippen LogP contribution in [0.4, 0.5) is 0 Å². The van der Waals surface area contributed by atoms with Gasteiger partial charge >= 0.3 is 7.12 Å². The van der Waals surface area contributed by atoms with E-state index < -0.39 is 7.12 Å². The number of nitriles is 1. The molecule has 0 saturated carbocycles. The van der Waals surface area contributed by atoms with Crippen LogP contribution in [0.5, 0.6) is 0 Å². The SMILES string of the molecule is N#COB(O)c1ccccc1.c1ccc2c(c1)ccc1ccccc12. The molecular formula is C21H16BNO2. The highest BCUT2D eigenvalue weighted by molar-refractivity contribution is 6.60. The van der Waals surface area contributed by atoms with Crippen LogP contribution in [0.2, 0.25) is 0 Å². The molecule has 1 N–H and O–H groups in total. The topological polar surface area (TPSA) is 53.2 Å². The highest BCUT2D eigenvalue weighted by Gasteiger charge is 2.16. The van der Waals surface area contributed by atoms with Gasteiger partial charge in [0.05, 0.1) is 0 Å². The molecule has 0 spiro atoms. The van der Waals surface area contributed by atoms with E-state index in [2.05, 4.69) is 65.3 Å². The molecule has 0 unspecified atom stereocenters. The molecule has 4 aromatic rings. The largest absolute Gasteiger partial charge is 0.570 e. The van der Waals surface area contributed by atoms with Crippen LogP contribution in [0.3, 0.4) is 0 Å². The first-order chi connectivity index (χ1) is 12.3. The summed E-state index contributed by atoms with van der Waals surface area (Å²) >= 11 is 0. The third-order valence-electron chi connectivity index (χ3n) is 3.90. The molecule has 0 radical (unpaired) electrons. The molecule has 0 atom stereocenters. The van der Waals surface area contributed by atoms with Crippen molar-refractivity contribution in [1.82, 2.24) is 0 Å². The fraction of sp³-hybridized carbons (Fsp3) is 0. The van der Waals surface area contributed by atoms with Gasteiger partial charge in [0.15, 0.2) is 0 Å². The Hall–Kier alpha value is -3.29. The van der Waals surface area contributed by atoms with Crippen molar-refractivity contribution >= 4 is 34.1 Å². The Morgan fingerprint density at radius 2 is 1.16 bits per heavy atom. The van der Waals surface area contributed by atoms with E-state index in [1.165, 1.54) is 27.8 Å². The van der Waals surface area contributed by atoms with Crippen LogP contribution in [0.25, 0.3) is 21.5 Å². The summed E-state index contributed by atoms with van der Waals surface area (Å²) in [5, 5.41) is 22.4. The van der Waals surface area contributed by atoms with Crippen LogP contribution in [0, 0.1) is 11.5 Å². The monoisotopic (exact) mass is 325 g/mol. The minimum absolute atomic E-state index is 0.578. The van der Waals surface area contributed by atoms with E-state index in [9.17, 15) is 0 Å². The third kappa shape index (κ3) is 3.98. The average molecular weight is 325 g/mol. The van der Waals surface area contributed by atoms with Crippen LogP contribution in [0.1, 0.15) is 0 Å². The molecule has 0 aromatic heterocycles. The molecule has 0 heterocycles. The Bertz CT molecular complexity index is 957. The third-order valence-corrected chi connectivity index (χ3v) is 3.90. The van der Waals surface area contributed by atoms with Gasteiger partial charge in [-0.3, -0.25) is 0 Å². The number of benzene rings is 4. The second-order valence-corrected chi connectivity index (χ2v) is 5.48. The van der Waals surface area contributed by atoms with Crippen LogP contribution < -0.4 is 5.46 Å². The molecule has 120 valence electrons. The Labute approximate surface area is 146 Å². The minimum Gasteiger partial charge on any atom is -0.463 e. The summed E-state index contributed by atoms with van der Waals surface area (Å²) in [6, 6.07) is 30.1. The van der Waals surface area contributed by atoms with E-state index in [1.807, 2.05) is 6.07 Å². The zero-order valence-electron chi connectivity index (χ0n) is 13.5. The van der Waals surface area contributed by atoms with Crippen molar-refractivity contribution in [3.63, 3.8) is 0 Å². The number of fused-ring (bicyclic) bond motifs is 3. The molecule has 0 bridgehead atoms. The molecule has 25 heavy (non-hydrogen) atoms. The number of rotatable bonds is 2. The lowest BCUT2D eigenvalue weighted by Gasteiger charge is -2.02. The molecule has 4 heteroatoms. The highest BCUT2D eigenvalue weighted by Crippen LogP contribution is 2.24. The van der Waals surface area contributed by atoms with Crippen molar-refractivity contribution in [2.75, 3.05) is 0 Å². The van der Waals surface area contributed by atoms with Crippen molar-refractivity contribution in [2.45, 2.75) is 0 Å². The lowest BCUT2D eigenvalue weighted by molar-refractivity contribution is 0.402. The lowest BCUT2D eigenvalue weighted by atomic mass is 9.80. The smallest absolute Gasteiger partial charge is 0.463 e. The highest BCUT2D eigenvalue weighted by atomic mass is 16.5. The average Bonchev–Trinajstić information content (AvgIpc) is 2.69. The second kappa shape index (κ2) is 8.00. The van der Waals surface area contributed by atoms with Gasteiger partial charge in [0.2, 0.25) is 0 Å². The Kier molecular flexibility index (Phi) is 5.31. The maximum Gasteiger partial charge on any atom is 0.570 e. The summed E-state index contributed by atoms with van der Waals surface area (Å²) in [6.45, 7) is 0. The van der Waals surface area contributed by atoms with Gasteiger partial charge in [-0.05, 0) is 27.0 Å². The summed E-state index contributed by atoms with van der Waals surface area (Å²) in [4.78, 5) is 0. The molecule has 0 aliphatic carbocycles. The molecule has 3 nitrogen and oxygen atoms in total. The van der Waals surface area contributed by atoms with E-state index in [0.29, 0.717) is 5.46 Å². The van der Waals surface area contributed by atoms with Crippen molar-refractivity contribution in [3.8, 4) is 6.26 Å². The summed E-state index contributed by atoms with van der Waals surface area (Å²) in [5.41, 5.74) is 0.578. The minimum atomic E-state index is -1.14. The Morgan fingerprint density at radius 1 is 0.680 bits per heavy atom. The summed E-state index contributed by atoms with van der Waals surface area (Å²) < 4.78 is 4.29. The van der Waals surface area contributed by atoms with Gasteiger partial charge < -0.3 is 9.68 Å². The van der Waals surface area contributed by atoms with E-state index in [0.717, 1.165) is 0 Å². The lowest BCUT2D eigenvalue weighted by Crippen LogP contribution is -2.31. The molecule has 0 fully saturated rings. The fourth-order valence-corrected chi connectivity index (χ4v) is 2.69. The molecule has 4 aromatic carbocycles. The Balaban J connectivity index is 0.000000151. The van der Waals surface area contributed by atoms with Crippen LogP contribution in [-0.4, -0.2) is 12.1 Å². The maximum absolute atomic E-state index is 9.08. The Morgan fingerprint density at radius 3 is 1.68 bits per heavy atom. The van der Waals surface area contributed by atoms with Gasteiger partial charge in [0, 0.05) is 0 Å². The predicted octanol–water partition coefficient (Wildman–Crippen LogP) is 3.86.